The van der Waals surface area contributed by atoms with Gasteiger partial charge >= 0.3 is 0 Å². The maximum Gasteiger partial charge on any atom is 0.234 e. The van der Waals surface area contributed by atoms with E-state index in [0.29, 0.717) is 12.1 Å². The van der Waals surface area contributed by atoms with Gasteiger partial charge in [0.05, 0.1) is 18.0 Å². The molecule has 5 heteroatoms. The van der Waals surface area contributed by atoms with Gasteiger partial charge in [-0.15, -0.1) is 0 Å². The number of nitrogens with one attached hydrogen (secondary N) is 1. The lowest BCUT2D eigenvalue weighted by molar-refractivity contribution is 0.320. The van der Waals surface area contributed by atoms with E-state index < -0.39 is 16.6 Å². The Balaban J connectivity index is 2.23. The predicted molar refractivity (Wildman–Crippen MR) is 80.2 cm³/mol. The highest BCUT2D eigenvalue weighted by Crippen LogP contribution is 2.20. The fourth-order valence-corrected chi connectivity index (χ4v) is 2.81. The molecule has 2 rings (SSSR count). The van der Waals surface area contributed by atoms with Gasteiger partial charge < -0.3 is 5.11 Å². The zero-order valence-corrected chi connectivity index (χ0v) is 11.8. The molecule has 0 atom stereocenters. The Bertz CT molecular complexity index is 654. The van der Waals surface area contributed by atoms with Gasteiger partial charge in [-0.25, -0.2) is 8.42 Å². The molecule has 0 radical (unpaired) electrons. The van der Waals surface area contributed by atoms with E-state index in [9.17, 15) is 8.42 Å². The molecule has 0 aliphatic heterocycles. The minimum absolute atomic E-state index is 0.299. The number of aliphatic hydroxyl groups excluding tert-OH is 1. The number of rotatable bonds is 6. The average molecular weight is 291 g/mol. The number of hydrogen-bond acceptors (Lipinski definition) is 3. The third-order valence-corrected chi connectivity index (χ3v) is 4.13. The third-order valence-electron chi connectivity index (χ3n) is 2.88. The van der Waals surface area contributed by atoms with Crippen LogP contribution in [0.1, 0.15) is 11.1 Å². The SMILES string of the molecule is O=S(=O)(CCO)Nc1ccccc1Cc1ccccc1. The van der Waals surface area contributed by atoms with Gasteiger partial charge in [0.15, 0.2) is 0 Å². The number of aliphatic hydroxyl groups is 1. The van der Waals surface area contributed by atoms with E-state index in [1.165, 1.54) is 0 Å². The standard InChI is InChI=1S/C15H17NO3S/c17-10-11-20(18,19)16-15-9-5-4-8-14(15)12-13-6-2-1-3-7-13/h1-9,16-17H,10-12H2. The molecule has 106 valence electrons. The molecule has 0 heterocycles. The summed E-state index contributed by atoms with van der Waals surface area (Å²) in [5.74, 6) is -0.299. The van der Waals surface area contributed by atoms with E-state index in [1.807, 2.05) is 42.5 Å². The Morgan fingerprint density at radius 1 is 0.950 bits per heavy atom. The summed E-state index contributed by atoms with van der Waals surface area (Å²) in [4.78, 5) is 0. The van der Waals surface area contributed by atoms with Crippen molar-refractivity contribution in [3.05, 3.63) is 65.7 Å². The van der Waals surface area contributed by atoms with Crippen LogP contribution in [-0.4, -0.2) is 25.9 Å². The minimum Gasteiger partial charge on any atom is -0.395 e. The number of para-hydroxylation sites is 1. The molecule has 0 aliphatic carbocycles. The summed E-state index contributed by atoms with van der Waals surface area (Å²) < 4.78 is 26.0. The van der Waals surface area contributed by atoms with Gasteiger partial charge in [0.1, 0.15) is 0 Å². The molecule has 20 heavy (non-hydrogen) atoms. The van der Waals surface area contributed by atoms with Gasteiger partial charge in [-0.05, 0) is 23.6 Å². The fraction of sp³-hybridized carbons (Fsp3) is 0.200. The van der Waals surface area contributed by atoms with Crippen molar-refractivity contribution < 1.29 is 13.5 Å². The molecule has 2 aromatic carbocycles. The van der Waals surface area contributed by atoms with Crippen LogP contribution in [0.15, 0.2) is 54.6 Å². The van der Waals surface area contributed by atoms with Crippen LogP contribution in [-0.2, 0) is 16.4 Å². The first kappa shape index (κ1) is 14.6. The lowest BCUT2D eigenvalue weighted by Gasteiger charge is -2.12. The van der Waals surface area contributed by atoms with Crippen molar-refractivity contribution in [3.8, 4) is 0 Å². The molecule has 0 spiro atoms. The Morgan fingerprint density at radius 3 is 2.30 bits per heavy atom. The second kappa shape index (κ2) is 6.54. The van der Waals surface area contributed by atoms with Crippen molar-refractivity contribution in [3.63, 3.8) is 0 Å². The van der Waals surface area contributed by atoms with E-state index in [1.54, 1.807) is 12.1 Å². The zero-order valence-electron chi connectivity index (χ0n) is 11.0. The molecule has 0 aromatic heterocycles. The molecule has 0 saturated carbocycles. The number of hydrogen-bond donors (Lipinski definition) is 2. The van der Waals surface area contributed by atoms with Crippen LogP contribution in [0, 0.1) is 0 Å². The van der Waals surface area contributed by atoms with Crippen LogP contribution < -0.4 is 4.72 Å². The molecule has 0 bridgehead atoms. The lowest BCUT2D eigenvalue weighted by Crippen LogP contribution is -2.19. The Morgan fingerprint density at radius 2 is 1.60 bits per heavy atom. The maximum absolute atomic E-state index is 11.7. The van der Waals surface area contributed by atoms with E-state index in [2.05, 4.69) is 4.72 Å². The van der Waals surface area contributed by atoms with Crippen LogP contribution in [0.4, 0.5) is 5.69 Å². The van der Waals surface area contributed by atoms with Crippen LogP contribution >= 0.6 is 0 Å². The quantitative estimate of drug-likeness (QED) is 0.855. The first-order valence-corrected chi connectivity index (χ1v) is 7.99. The molecule has 0 saturated heterocycles. The molecular formula is C15H17NO3S. The second-order valence-corrected chi connectivity index (χ2v) is 6.31. The molecule has 0 amide bonds. The number of anilines is 1. The predicted octanol–water partition coefficient (Wildman–Crippen LogP) is 2.01. The summed E-state index contributed by atoms with van der Waals surface area (Å²) in [6.07, 6.45) is 0.651. The molecule has 0 fully saturated rings. The normalized spacial score (nSPS) is 11.2. The monoisotopic (exact) mass is 291 g/mol. The summed E-state index contributed by atoms with van der Waals surface area (Å²) in [6, 6.07) is 17.1. The number of benzene rings is 2. The summed E-state index contributed by atoms with van der Waals surface area (Å²) in [5.41, 5.74) is 2.58. The highest BCUT2D eigenvalue weighted by atomic mass is 32.2. The summed E-state index contributed by atoms with van der Waals surface area (Å²) in [6.45, 7) is -0.393. The molecule has 0 unspecified atom stereocenters. The fourth-order valence-electron chi connectivity index (χ4n) is 1.93. The summed E-state index contributed by atoms with van der Waals surface area (Å²) >= 11 is 0. The first-order valence-electron chi connectivity index (χ1n) is 6.34. The van der Waals surface area contributed by atoms with Gasteiger partial charge in [0.2, 0.25) is 10.0 Å². The van der Waals surface area contributed by atoms with E-state index in [0.717, 1.165) is 11.1 Å². The molecule has 4 nitrogen and oxygen atoms in total. The lowest BCUT2D eigenvalue weighted by atomic mass is 10.0. The maximum atomic E-state index is 11.7. The van der Waals surface area contributed by atoms with Crippen molar-refractivity contribution in [1.29, 1.82) is 0 Å². The Kier molecular flexibility index (Phi) is 4.76. The Hall–Kier alpha value is -1.85. The second-order valence-electron chi connectivity index (χ2n) is 4.46. The van der Waals surface area contributed by atoms with Crippen LogP contribution in [0.25, 0.3) is 0 Å². The first-order chi connectivity index (χ1) is 9.61. The molecule has 2 aromatic rings. The van der Waals surface area contributed by atoms with Crippen molar-refractivity contribution in [1.82, 2.24) is 0 Å². The van der Waals surface area contributed by atoms with Crippen LogP contribution in [0.2, 0.25) is 0 Å². The Labute approximate surface area is 119 Å². The summed E-state index contributed by atoms with van der Waals surface area (Å²) in [5, 5.41) is 8.77. The number of sulfonamides is 1. The van der Waals surface area contributed by atoms with Gasteiger partial charge in [0, 0.05) is 0 Å². The average Bonchev–Trinajstić information content (AvgIpc) is 2.42. The van der Waals surface area contributed by atoms with Crippen molar-refractivity contribution in [2.45, 2.75) is 6.42 Å². The molecule has 2 N–H and O–H groups in total. The van der Waals surface area contributed by atoms with Gasteiger partial charge in [-0.1, -0.05) is 48.5 Å². The van der Waals surface area contributed by atoms with Crippen molar-refractivity contribution in [2.24, 2.45) is 0 Å². The van der Waals surface area contributed by atoms with Gasteiger partial charge in [-0.2, -0.15) is 0 Å². The largest absolute Gasteiger partial charge is 0.395 e. The van der Waals surface area contributed by atoms with Gasteiger partial charge in [0.25, 0.3) is 0 Å². The summed E-state index contributed by atoms with van der Waals surface area (Å²) in [7, 11) is -3.50. The highest BCUT2D eigenvalue weighted by molar-refractivity contribution is 7.92. The zero-order chi connectivity index (χ0) is 14.4. The van der Waals surface area contributed by atoms with Crippen LogP contribution in [0.3, 0.4) is 0 Å². The van der Waals surface area contributed by atoms with E-state index in [-0.39, 0.29) is 5.75 Å². The van der Waals surface area contributed by atoms with E-state index in [4.69, 9.17) is 5.11 Å². The van der Waals surface area contributed by atoms with Crippen LogP contribution in [0.5, 0.6) is 0 Å². The smallest absolute Gasteiger partial charge is 0.234 e. The highest BCUT2D eigenvalue weighted by Gasteiger charge is 2.12. The third kappa shape index (κ3) is 4.08. The van der Waals surface area contributed by atoms with E-state index >= 15 is 0 Å². The topological polar surface area (TPSA) is 66.4 Å². The van der Waals surface area contributed by atoms with Gasteiger partial charge in [-0.3, -0.25) is 4.72 Å². The molecular weight excluding hydrogens is 274 g/mol. The van der Waals surface area contributed by atoms with Crippen molar-refractivity contribution >= 4 is 15.7 Å². The van der Waals surface area contributed by atoms with Crippen molar-refractivity contribution in [2.75, 3.05) is 17.1 Å². The minimum atomic E-state index is -3.50. The molecule has 0 aliphatic rings.